The highest BCUT2D eigenvalue weighted by atomic mass is 32.2. The molecule has 0 aliphatic carbocycles. The SMILES string of the molecule is S=c1nc(C2Cc3ccccc3S2)[nH][nH]1. The Morgan fingerprint density at radius 3 is 2.93 bits per heavy atom. The van der Waals surface area contributed by atoms with E-state index >= 15 is 0 Å². The first kappa shape index (κ1) is 9.18. The van der Waals surface area contributed by atoms with Crippen molar-refractivity contribution < 1.29 is 0 Å². The van der Waals surface area contributed by atoms with Crippen LogP contribution in [0.4, 0.5) is 0 Å². The Balaban J connectivity index is 1.93. The Bertz CT molecular complexity index is 518. The number of nitrogens with zero attached hydrogens (tertiary/aromatic N) is 1. The van der Waals surface area contributed by atoms with Crippen molar-refractivity contribution in [1.29, 1.82) is 0 Å². The summed E-state index contributed by atoms with van der Waals surface area (Å²) in [6, 6.07) is 8.47. The van der Waals surface area contributed by atoms with Crippen LogP contribution in [-0.4, -0.2) is 15.2 Å². The second kappa shape index (κ2) is 3.50. The first-order chi connectivity index (χ1) is 7.33. The summed E-state index contributed by atoms with van der Waals surface area (Å²) in [4.78, 5) is 5.61. The molecule has 1 aromatic heterocycles. The van der Waals surface area contributed by atoms with Gasteiger partial charge in [-0.1, -0.05) is 18.2 Å². The predicted octanol–water partition coefficient (Wildman–Crippen LogP) is 2.86. The van der Waals surface area contributed by atoms with Crippen LogP contribution >= 0.6 is 24.0 Å². The number of fused-ring (bicyclic) bond motifs is 1. The molecule has 1 aliphatic rings. The molecule has 76 valence electrons. The molecule has 3 rings (SSSR count). The smallest absolute Gasteiger partial charge is 0.213 e. The highest BCUT2D eigenvalue weighted by molar-refractivity contribution is 7.99. The highest BCUT2D eigenvalue weighted by Gasteiger charge is 2.25. The van der Waals surface area contributed by atoms with Crippen molar-refractivity contribution in [1.82, 2.24) is 15.2 Å². The molecule has 2 N–H and O–H groups in total. The summed E-state index contributed by atoms with van der Waals surface area (Å²) in [7, 11) is 0. The number of rotatable bonds is 1. The maximum absolute atomic E-state index is 4.95. The second-order valence-corrected chi connectivity index (χ2v) is 5.10. The monoisotopic (exact) mass is 235 g/mol. The summed E-state index contributed by atoms with van der Waals surface area (Å²) in [5.74, 6) is 0.946. The number of nitrogens with one attached hydrogen (secondary N) is 2. The van der Waals surface area contributed by atoms with Gasteiger partial charge in [-0.15, -0.1) is 11.8 Å². The minimum absolute atomic E-state index is 0.371. The molecule has 15 heavy (non-hydrogen) atoms. The van der Waals surface area contributed by atoms with Crippen molar-refractivity contribution in [3.8, 4) is 0 Å². The summed E-state index contributed by atoms with van der Waals surface area (Å²) in [6.45, 7) is 0. The number of benzene rings is 1. The minimum Gasteiger partial charge on any atom is -0.285 e. The molecule has 0 amide bonds. The van der Waals surface area contributed by atoms with Crippen LogP contribution in [0.1, 0.15) is 16.6 Å². The van der Waals surface area contributed by atoms with Gasteiger partial charge >= 0.3 is 0 Å². The lowest BCUT2D eigenvalue weighted by molar-refractivity contribution is 0.857. The molecule has 0 saturated heterocycles. The number of thioether (sulfide) groups is 1. The lowest BCUT2D eigenvalue weighted by atomic mass is 10.1. The van der Waals surface area contributed by atoms with Gasteiger partial charge in [0.1, 0.15) is 5.82 Å². The average molecular weight is 235 g/mol. The third kappa shape index (κ3) is 1.61. The van der Waals surface area contributed by atoms with E-state index in [-0.39, 0.29) is 0 Å². The largest absolute Gasteiger partial charge is 0.285 e. The fraction of sp³-hybridized carbons (Fsp3) is 0.200. The molecule has 2 aromatic rings. The molecule has 3 nitrogen and oxygen atoms in total. The third-order valence-electron chi connectivity index (χ3n) is 2.47. The molecule has 0 saturated carbocycles. The molecule has 2 heterocycles. The molecule has 0 spiro atoms. The summed E-state index contributed by atoms with van der Waals surface area (Å²) in [6.07, 6.45) is 1.02. The molecular weight excluding hydrogens is 226 g/mol. The molecule has 0 bridgehead atoms. The number of hydrogen-bond acceptors (Lipinski definition) is 3. The van der Waals surface area contributed by atoms with Crippen LogP contribution in [0.3, 0.4) is 0 Å². The first-order valence-electron chi connectivity index (χ1n) is 4.72. The second-order valence-electron chi connectivity index (χ2n) is 3.47. The van der Waals surface area contributed by atoms with E-state index in [1.165, 1.54) is 10.5 Å². The first-order valence-corrected chi connectivity index (χ1v) is 6.01. The van der Waals surface area contributed by atoms with E-state index in [1.54, 1.807) is 0 Å². The van der Waals surface area contributed by atoms with Gasteiger partial charge in [-0.2, -0.15) is 0 Å². The quantitative estimate of drug-likeness (QED) is 0.747. The number of H-pyrrole nitrogens is 2. The Labute approximate surface area is 96.3 Å². The zero-order valence-corrected chi connectivity index (χ0v) is 9.49. The Hall–Kier alpha value is -1.07. The van der Waals surface area contributed by atoms with Gasteiger partial charge < -0.3 is 0 Å². The number of aromatic nitrogens is 3. The summed E-state index contributed by atoms with van der Waals surface area (Å²) >= 11 is 6.79. The molecule has 0 radical (unpaired) electrons. The van der Waals surface area contributed by atoms with Crippen LogP contribution < -0.4 is 0 Å². The standard InChI is InChI=1S/C10H9N3S2/c14-10-11-9(12-13-10)8-5-6-3-1-2-4-7(6)15-8/h1-4,8H,5H2,(H2,11,12,13,14). The van der Waals surface area contributed by atoms with Crippen molar-refractivity contribution in [3.05, 3.63) is 40.4 Å². The van der Waals surface area contributed by atoms with E-state index < -0.39 is 0 Å². The van der Waals surface area contributed by atoms with Crippen molar-refractivity contribution in [2.45, 2.75) is 16.6 Å². The molecular formula is C10H9N3S2. The van der Waals surface area contributed by atoms with E-state index in [2.05, 4.69) is 39.4 Å². The van der Waals surface area contributed by atoms with Crippen molar-refractivity contribution in [2.24, 2.45) is 0 Å². The van der Waals surface area contributed by atoms with Crippen LogP contribution in [0.25, 0.3) is 0 Å². The van der Waals surface area contributed by atoms with Crippen molar-refractivity contribution >= 4 is 24.0 Å². The van der Waals surface area contributed by atoms with Crippen LogP contribution in [0.2, 0.25) is 0 Å². The van der Waals surface area contributed by atoms with Crippen molar-refractivity contribution in [3.63, 3.8) is 0 Å². The van der Waals surface area contributed by atoms with Gasteiger partial charge in [0, 0.05) is 4.90 Å². The van der Waals surface area contributed by atoms with Crippen LogP contribution in [0.5, 0.6) is 0 Å². The zero-order chi connectivity index (χ0) is 10.3. The minimum atomic E-state index is 0.371. The van der Waals surface area contributed by atoms with Gasteiger partial charge in [-0.25, -0.2) is 4.98 Å². The third-order valence-corrected chi connectivity index (χ3v) is 3.99. The maximum Gasteiger partial charge on any atom is 0.213 e. The molecule has 1 unspecified atom stereocenters. The van der Waals surface area contributed by atoms with Gasteiger partial charge in [-0.3, -0.25) is 10.2 Å². The predicted molar refractivity (Wildman–Crippen MR) is 62.5 cm³/mol. The summed E-state index contributed by atoms with van der Waals surface area (Å²) < 4.78 is 0.529. The van der Waals surface area contributed by atoms with Crippen molar-refractivity contribution in [2.75, 3.05) is 0 Å². The fourth-order valence-electron chi connectivity index (χ4n) is 1.77. The van der Waals surface area contributed by atoms with Gasteiger partial charge in [-0.05, 0) is 30.3 Å². The Morgan fingerprint density at radius 2 is 2.20 bits per heavy atom. The molecule has 5 heteroatoms. The van der Waals surface area contributed by atoms with Gasteiger partial charge in [0.2, 0.25) is 4.77 Å². The van der Waals surface area contributed by atoms with Crippen LogP contribution in [-0.2, 0) is 6.42 Å². The van der Waals surface area contributed by atoms with Crippen LogP contribution in [0, 0.1) is 4.77 Å². The molecule has 1 aliphatic heterocycles. The summed E-state index contributed by atoms with van der Waals surface area (Å²) in [5, 5.41) is 6.23. The zero-order valence-electron chi connectivity index (χ0n) is 7.86. The molecule has 1 atom stereocenters. The van der Waals surface area contributed by atoms with Crippen LogP contribution in [0.15, 0.2) is 29.2 Å². The van der Waals surface area contributed by atoms with E-state index in [9.17, 15) is 0 Å². The fourth-order valence-corrected chi connectivity index (χ4v) is 3.17. The van der Waals surface area contributed by atoms with E-state index in [0.717, 1.165) is 12.2 Å². The maximum atomic E-state index is 4.95. The topological polar surface area (TPSA) is 44.5 Å². The Kier molecular flexibility index (Phi) is 2.14. The van der Waals surface area contributed by atoms with Gasteiger partial charge in [0.05, 0.1) is 5.25 Å². The normalized spacial score (nSPS) is 19.1. The highest BCUT2D eigenvalue weighted by Crippen LogP contribution is 2.44. The lowest BCUT2D eigenvalue weighted by Crippen LogP contribution is -1.94. The van der Waals surface area contributed by atoms with E-state index in [4.69, 9.17) is 12.2 Å². The number of hydrogen-bond donors (Lipinski definition) is 2. The van der Waals surface area contributed by atoms with E-state index in [0.29, 0.717) is 10.0 Å². The number of aromatic amines is 2. The van der Waals surface area contributed by atoms with E-state index in [1.807, 2.05) is 11.8 Å². The lowest BCUT2D eigenvalue weighted by Gasteiger charge is -2.01. The average Bonchev–Trinajstić information content (AvgIpc) is 2.82. The molecule has 0 fully saturated rings. The molecule has 1 aromatic carbocycles. The van der Waals surface area contributed by atoms with Gasteiger partial charge in [0.15, 0.2) is 0 Å². The van der Waals surface area contributed by atoms with Gasteiger partial charge in [0.25, 0.3) is 0 Å². The Morgan fingerprint density at radius 1 is 1.33 bits per heavy atom. The summed E-state index contributed by atoms with van der Waals surface area (Å²) in [5.41, 5.74) is 1.40.